The van der Waals surface area contributed by atoms with Crippen LogP contribution in [0.25, 0.3) is 20.8 Å². The van der Waals surface area contributed by atoms with Crippen LogP contribution >= 0.6 is 22.9 Å². The second-order valence-electron chi connectivity index (χ2n) is 6.20. The molecule has 2 aromatic carbocycles. The molecule has 0 amide bonds. The predicted molar refractivity (Wildman–Crippen MR) is 107 cm³/mol. The number of benzene rings is 2. The third-order valence-electron chi connectivity index (χ3n) is 3.93. The molecule has 0 aliphatic heterocycles. The van der Waals surface area contributed by atoms with Gasteiger partial charge in [0.1, 0.15) is 10.8 Å². The highest BCUT2D eigenvalue weighted by Crippen LogP contribution is 2.38. The smallest absolute Gasteiger partial charge is 0.226 e. The maximum atomic E-state index is 14.3. The fourth-order valence-corrected chi connectivity index (χ4v) is 4.05. The van der Waals surface area contributed by atoms with Crippen molar-refractivity contribution in [2.75, 3.05) is 32.5 Å². The Labute approximate surface area is 164 Å². The van der Waals surface area contributed by atoms with Gasteiger partial charge in [0.2, 0.25) is 5.78 Å². The summed E-state index contributed by atoms with van der Waals surface area (Å²) in [6, 6.07) is 7.81. The van der Waals surface area contributed by atoms with E-state index >= 15 is 0 Å². The minimum Gasteiger partial charge on any atom is -0.384 e. The molecule has 0 saturated carbocycles. The molecule has 0 spiro atoms. The van der Waals surface area contributed by atoms with Gasteiger partial charge >= 0.3 is 0 Å². The third kappa shape index (κ3) is 4.16. The fourth-order valence-electron chi connectivity index (χ4n) is 2.61. The number of anilines is 1. The minimum atomic E-state index is -0.647. The number of rotatable bonds is 7. The van der Waals surface area contributed by atoms with Crippen molar-refractivity contribution in [3.8, 4) is 10.6 Å². The lowest BCUT2D eigenvalue weighted by Crippen LogP contribution is -2.20. The topological polar surface area (TPSA) is 62.3 Å². The second kappa shape index (κ2) is 8.12. The number of hydrogen-bond donors (Lipinski definition) is 1. The Morgan fingerprint density at radius 1 is 1.37 bits per heavy atom. The molecule has 5 nitrogen and oxygen atoms in total. The van der Waals surface area contributed by atoms with Crippen LogP contribution in [0.15, 0.2) is 30.3 Å². The van der Waals surface area contributed by atoms with Crippen molar-refractivity contribution in [3.63, 3.8) is 0 Å². The number of carbonyl (C=O) groups is 2. The average Bonchev–Trinajstić information content (AvgIpc) is 3.03. The van der Waals surface area contributed by atoms with Crippen molar-refractivity contribution in [2.24, 2.45) is 0 Å². The first-order valence-corrected chi connectivity index (χ1v) is 9.37. The first-order valence-electron chi connectivity index (χ1n) is 8.17. The van der Waals surface area contributed by atoms with Crippen LogP contribution in [0.2, 0.25) is 5.02 Å². The second-order valence-corrected chi connectivity index (χ2v) is 7.61. The van der Waals surface area contributed by atoms with E-state index in [0.29, 0.717) is 27.5 Å². The SMILES string of the molecule is CN(C)CCNc1cc(C(=O)C=O)c2sc(-c3c(F)cccc3Cl)nc2c1. The standard InChI is InChI=1S/C19H17ClFN3O2S/c1-24(2)7-6-22-11-8-12(16(26)10-25)18-15(9-11)23-19(27-18)17-13(20)4-3-5-14(17)21/h3-5,8-10,22H,6-7H2,1-2H3. The van der Waals surface area contributed by atoms with E-state index in [0.717, 1.165) is 17.9 Å². The van der Waals surface area contributed by atoms with Crippen molar-refractivity contribution >= 4 is 50.9 Å². The van der Waals surface area contributed by atoms with Crippen molar-refractivity contribution in [1.29, 1.82) is 0 Å². The first kappa shape index (κ1) is 19.4. The van der Waals surface area contributed by atoms with E-state index in [4.69, 9.17) is 11.6 Å². The van der Waals surface area contributed by atoms with E-state index in [9.17, 15) is 14.0 Å². The molecule has 1 heterocycles. The fraction of sp³-hybridized carbons (Fsp3) is 0.211. The maximum Gasteiger partial charge on any atom is 0.226 e. The van der Waals surface area contributed by atoms with Gasteiger partial charge in [-0.25, -0.2) is 9.37 Å². The lowest BCUT2D eigenvalue weighted by atomic mass is 10.1. The Balaban J connectivity index is 2.10. The van der Waals surface area contributed by atoms with E-state index in [1.807, 2.05) is 19.0 Å². The number of Topliss-reactive ketones (excluding diaryl/α,β-unsaturated/α-hetero) is 1. The quantitative estimate of drug-likeness (QED) is 0.364. The molecule has 1 aromatic heterocycles. The molecule has 0 aliphatic carbocycles. The van der Waals surface area contributed by atoms with Crippen molar-refractivity contribution < 1.29 is 14.0 Å². The van der Waals surface area contributed by atoms with E-state index in [2.05, 4.69) is 10.3 Å². The summed E-state index contributed by atoms with van der Waals surface area (Å²) in [7, 11) is 3.91. The molecule has 3 aromatic rings. The molecule has 1 N–H and O–H groups in total. The van der Waals surface area contributed by atoms with Crippen molar-refractivity contribution in [2.45, 2.75) is 0 Å². The van der Waals surface area contributed by atoms with Crippen LogP contribution in [0.4, 0.5) is 10.1 Å². The lowest BCUT2D eigenvalue weighted by molar-refractivity contribution is -0.104. The molecule has 0 atom stereocenters. The first-order chi connectivity index (χ1) is 12.9. The number of nitrogens with zero attached hydrogens (tertiary/aromatic N) is 2. The highest BCUT2D eigenvalue weighted by atomic mass is 35.5. The zero-order chi connectivity index (χ0) is 19.6. The minimum absolute atomic E-state index is 0.187. The van der Waals surface area contributed by atoms with Gasteiger partial charge in [-0.15, -0.1) is 11.3 Å². The number of halogens is 2. The number of hydrogen-bond acceptors (Lipinski definition) is 6. The summed E-state index contributed by atoms with van der Waals surface area (Å²) < 4.78 is 14.8. The number of thiazole rings is 1. The van der Waals surface area contributed by atoms with Gasteiger partial charge < -0.3 is 10.2 Å². The molecule has 0 radical (unpaired) electrons. The average molecular weight is 406 g/mol. The summed E-state index contributed by atoms with van der Waals surface area (Å²) in [5.74, 6) is -1.14. The van der Waals surface area contributed by atoms with Crippen LogP contribution in [-0.4, -0.2) is 49.1 Å². The highest BCUT2D eigenvalue weighted by molar-refractivity contribution is 7.22. The van der Waals surface area contributed by atoms with Gasteiger partial charge in [0.05, 0.1) is 20.8 Å². The number of aromatic nitrogens is 1. The Morgan fingerprint density at radius 3 is 2.81 bits per heavy atom. The van der Waals surface area contributed by atoms with E-state index in [-0.39, 0.29) is 22.4 Å². The molecule has 8 heteroatoms. The summed E-state index contributed by atoms with van der Waals surface area (Å²) in [4.78, 5) is 29.7. The summed E-state index contributed by atoms with van der Waals surface area (Å²) >= 11 is 7.27. The Kier molecular flexibility index (Phi) is 5.84. The van der Waals surface area contributed by atoms with E-state index in [1.165, 1.54) is 12.1 Å². The lowest BCUT2D eigenvalue weighted by Gasteiger charge is -2.12. The molecule has 0 saturated heterocycles. The largest absolute Gasteiger partial charge is 0.384 e. The molecule has 3 rings (SSSR count). The van der Waals surface area contributed by atoms with Crippen LogP contribution in [0.5, 0.6) is 0 Å². The monoisotopic (exact) mass is 405 g/mol. The number of carbonyl (C=O) groups excluding carboxylic acids is 2. The molecule has 0 unspecified atom stereocenters. The number of fused-ring (bicyclic) bond motifs is 1. The highest BCUT2D eigenvalue weighted by Gasteiger charge is 2.19. The third-order valence-corrected chi connectivity index (χ3v) is 5.36. The summed E-state index contributed by atoms with van der Waals surface area (Å²) in [6.45, 7) is 1.45. The summed E-state index contributed by atoms with van der Waals surface area (Å²) in [5.41, 5.74) is 1.61. The zero-order valence-electron chi connectivity index (χ0n) is 14.8. The molecular weight excluding hydrogens is 389 g/mol. The number of likely N-dealkylation sites (N-methyl/N-ethyl adjacent to an activating group) is 1. The van der Waals surface area contributed by atoms with Gasteiger partial charge in [-0.2, -0.15) is 0 Å². The molecule has 27 heavy (non-hydrogen) atoms. The number of nitrogens with one attached hydrogen (secondary N) is 1. The molecule has 0 aliphatic rings. The van der Waals surface area contributed by atoms with Crippen LogP contribution in [-0.2, 0) is 4.79 Å². The van der Waals surface area contributed by atoms with Crippen molar-refractivity contribution in [1.82, 2.24) is 9.88 Å². The Bertz CT molecular complexity index is 999. The van der Waals surface area contributed by atoms with Crippen LogP contribution in [0, 0.1) is 5.82 Å². The maximum absolute atomic E-state index is 14.3. The van der Waals surface area contributed by atoms with Crippen LogP contribution in [0.1, 0.15) is 10.4 Å². The van der Waals surface area contributed by atoms with E-state index < -0.39 is 11.6 Å². The van der Waals surface area contributed by atoms with Crippen LogP contribution < -0.4 is 5.32 Å². The predicted octanol–water partition coefficient (Wildman–Crippen LogP) is 4.11. The molecule has 0 bridgehead atoms. The van der Waals surface area contributed by atoms with Crippen molar-refractivity contribution in [3.05, 3.63) is 46.7 Å². The van der Waals surface area contributed by atoms with E-state index in [1.54, 1.807) is 18.2 Å². The number of aldehydes is 1. The van der Waals surface area contributed by atoms with Crippen LogP contribution in [0.3, 0.4) is 0 Å². The normalized spacial score (nSPS) is 11.1. The summed E-state index contributed by atoms with van der Waals surface area (Å²) in [6.07, 6.45) is 0.272. The molecule has 140 valence electrons. The van der Waals surface area contributed by atoms with Gasteiger partial charge in [-0.3, -0.25) is 9.59 Å². The number of ketones is 1. The van der Waals surface area contributed by atoms with Gasteiger partial charge in [0, 0.05) is 24.3 Å². The van der Waals surface area contributed by atoms with Gasteiger partial charge in [0.25, 0.3) is 0 Å². The van der Waals surface area contributed by atoms with Gasteiger partial charge in [-0.1, -0.05) is 17.7 Å². The summed E-state index contributed by atoms with van der Waals surface area (Å²) in [5, 5.41) is 3.81. The Hall–Kier alpha value is -2.35. The van der Waals surface area contributed by atoms with Gasteiger partial charge in [-0.05, 0) is 38.4 Å². The van der Waals surface area contributed by atoms with Gasteiger partial charge in [0.15, 0.2) is 6.29 Å². The zero-order valence-corrected chi connectivity index (χ0v) is 16.3. The molecule has 0 fully saturated rings. The Morgan fingerprint density at radius 2 is 2.15 bits per heavy atom. The molecular formula is C19H17ClFN3O2S.